The van der Waals surface area contributed by atoms with Crippen LogP contribution < -0.4 is 9.47 Å². The Hall–Kier alpha value is -3.04. The van der Waals surface area contributed by atoms with Crippen LogP contribution in [0.3, 0.4) is 0 Å². The first kappa shape index (κ1) is 20.8. The summed E-state index contributed by atoms with van der Waals surface area (Å²) in [6.45, 7) is 4.75. The monoisotopic (exact) mass is 436 g/mol. The molecule has 0 saturated carbocycles. The minimum atomic E-state index is 0.488. The molecule has 9 heteroatoms. The van der Waals surface area contributed by atoms with Crippen molar-refractivity contribution >= 4 is 0 Å². The van der Waals surface area contributed by atoms with E-state index in [4.69, 9.17) is 14.0 Å². The van der Waals surface area contributed by atoms with E-state index >= 15 is 0 Å². The predicted molar refractivity (Wildman–Crippen MR) is 117 cm³/mol. The highest BCUT2D eigenvalue weighted by atomic mass is 16.5. The van der Waals surface area contributed by atoms with Crippen LogP contribution in [0, 0.1) is 0 Å². The van der Waals surface area contributed by atoms with E-state index in [-0.39, 0.29) is 0 Å². The summed E-state index contributed by atoms with van der Waals surface area (Å²) in [6, 6.07) is 4.86. The lowest BCUT2D eigenvalue weighted by atomic mass is 9.95. The fourth-order valence-electron chi connectivity index (χ4n) is 4.69. The Labute approximate surface area is 187 Å². The van der Waals surface area contributed by atoms with Crippen LogP contribution in [-0.2, 0) is 19.5 Å². The van der Waals surface area contributed by atoms with Crippen LogP contribution >= 0.6 is 0 Å². The second-order valence-corrected chi connectivity index (χ2v) is 8.31. The maximum atomic E-state index is 5.51. The zero-order valence-corrected chi connectivity index (χ0v) is 18.5. The summed E-state index contributed by atoms with van der Waals surface area (Å²) in [4.78, 5) is 17.8. The largest absolute Gasteiger partial charge is 0.493 e. The molecule has 1 aromatic carbocycles. The van der Waals surface area contributed by atoms with Crippen molar-refractivity contribution in [3.8, 4) is 23.0 Å². The van der Waals surface area contributed by atoms with E-state index in [9.17, 15) is 0 Å². The Bertz CT molecular complexity index is 1050. The van der Waals surface area contributed by atoms with Gasteiger partial charge in [0.25, 0.3) is 0 Å². The molecule has 1 fully saturated rings. The van der Waals surface area contributed by atoms with Gasteiger partial charge in [-0.05, 0) is 42.5 Å². The number of fused-ring (bicyclic) bond motifs is 1. The number of ether oxygens (including phenoxy) is 2. The second kappa shape index (κ2) is 9.22. The second-order valence-electron chi connectivity index (χ2n) is 8.31. The number of aromatic nitrogens is 4. The zero-order chi connectivity index (χ0) is 21.9. The molecule has 0 N–H and O–H groups in total. The first-order valence-corrected chi connectivity index (χ1v) is 11.0. The van der Waals surface area contributed by atoms with Gasteiger partial charge in [0.1, 0.15) is 5.69 Å². The van der Waals surface area contributed by atoms with E-state index in [0.717, 1.165) is 56.9 Å². The number of hydrogen-bond acceptors (Lipinski definition) is 9. The summed E-state index contributed by atoms with van der Waals surface area (Å²) < 4.78 is 16.4. The maximum Gasteiger partial charge on any atom is 0.241 e. The third-order valence-corrected chi connectivity index (χ3v) is 6.44. The van der Waals surface area contributed by atoms with Crippen LogP contribution in [0.1, 0.15) is 29.9 Å². The third-order valence-electron chi connectivity index (χ3n) is 6.44. The fraction of sp³-hybridized carbons (Fsp3) is 0.478. The Morgan fingerprint density at radius 1 is 1.03 bits per heavy atom. The highest BCUT2D eigenvalue weighted by molar-refractivity contribution is 5.48. The van der Waals surface area contributed by atoms with Crippen LogP contribution in [-0.4, -0.2) is 69.8 Å². The van der Waals surface area contributed by atoms with Gasteiger partial charge < -0.3 is 14.0 Å². The van der Waals surface area contributed by atoms with E-state index < -0.39 is 0 Å². The maximum absolute atomic E-state index is 5.51. The minimum absolute atomic E-state index is 0.488. The van der Waals surface area contributed by atoms with Gasteiger partial charge in [0, 0.05) is 44.6 Å². The summed E-state index contributed by atoms with van der Waals surface area (Å²) >= 11 is 0. The topological polar surface area (TPSA) is 89.6 Å². The molecule has 2 aromatic heterocycles. The molecular weight excluding hydrogens is 408 g/mol. The van der Waals surface area contributed by atoms with Gasteiger partial charge in [0.15, 0.2) is 11.5 Å². The molecule has 32 heavy (non-hydrogen) atoms. The van der Waals surface area contributed by atoms with Crippen molar-refractivity contribution in [1.82, 2.24) is 29.9 Å². The van der Waals surface area contributed by atoms with Crippen LogP contribution in [0.4, 0.5) is 0 Å². The zero-order valence-electron chi connectivity index (χ0n) is 18.5. The lowest BCUT2D eigenvalue weighted by Crippen LogP contribution is -2.46. The molecule has 2 aliphatic heterocycles. The van der Waals surface area contributed by atoms with Crippen LogP contribution in [0.5, 0.6) is 11.5 Å². The average Bonchev–Trinajstić information content (AvgIpc) is 3.32. The number of hydrogen-bond donors (Lipinski definition) is 0. The summed E-state index contributed by atoms with van der Waals surface area (Å²) in [7, 11) is 3.39. The van der Waals surface area contributed by atoms with E-state index in [1.807, 2.05) is 0 Å². The molecule has 0 atom stereocenters. The number of benzene rings is 1. The van der Waals surface area contributed by atoms with Gasteiger partial charge in [0.2, 0.25) is 11.7 Å². The van der Waals surface area contributed by atoms with Crippen molar-refractivity contribution in [1.29, 1.82) is 0 Å². The van der Waals surface area contributed by atoms with Gasteiger partial charge in [-0.15, -0.1) is 0 Å². The third kappa shape index (κ3) is 4.31. The number of methoxy groups -OCH3 is 2. The van der Waals surface area contributed by atoms with Crippen LogP contribution in [0.25, 0.3) is 11.5 Å². The van der Waals surface area contributed by atoms with E-state index in [2.05, 4.69) is 42.0 Å². The number of likely N-dealkylation sites (tertiary alicyclic amines) is 1. The molecule has 0 amide bonds. The Morgan fingerprint density at radius 3 is 2.53 bits per heavy atom. The number of piperidine rings is 1. The highest BCUT2D eigenvalue weighted by Gasteiger charge is 2.29. The van der Waals surface area contributed by atoms with Crippen LogP contribution in [0.2, 0.25) is 0 Å². The van der Waals surface area contributed by atoms with Crippen LogP contribution in [0.15, 0.2) is 35.2 Å². The van der Waals surface area contributed by atoms with Crippen molar-refractivity contribution in [3.05, 3.63) is 47.7 Å². The van der Waals surface area contributed by atoms with Crippen molar-refractivity contribution in [2.75, 3.05) is 33.9 Å². The molecule has 2 aliphatic rings. The predicted octanol–water partition coefficient (Wildman–Crippen LogP) is 2.57. The van der Waals surface area contributed by atoms with Gasteiger partial charge in [-0.3, -0.25) is 14.8 Å². The van der Waals surface area contributed by atoms with Crippen molar-refractivity contribution in [3.63, 3.8) is 0 Å². The number of nitrogens with zero attached hydrogens (tertiary/aromatic N) is 6. The van der Waals surface area contributed by atoms with E-state index in [1.165, 1.54) is 11.1 Å². The molecule has 0 aliphatic carbocycles. The smallest absolute Gasteiger partial charge is 0.241 e. The molecule has 0 spiro atoms. The Kier molecular flexibility index (Phi) is 6.00. The van der Waals surface area contributed by atoms with Gasteiger partial charge in [-0.25, -0.2) is 4.98 Å². The lowest BCUT2D eigenvalue weighted by molar-refractivity contribution is 0.0892. The summed E-state index contributed by atoms with van der Waals surface area (Å²) in [6.07, 6.45) is 8.21. The molecule has 0 radical (unpaired) electrons. The lowest BCUT2D eigenvalue weighted by Gasteiger charge is -2.40. The molecule has 5 rings (SSSR count). The molecule has 1 saturated heterocycles. The normalized spacial score (nSPS) is 17.8. The van der Waals surface area contributed by atoms with Gasteiger partial charge >= 0.3 is 0 Å². The minimum Gasteiger partial charge on any atom is -0.493 e. The average molecular weight is 437 g/mol. The van der Waals surface area contributed by atoms with Gasteiger partial charge in [-0.1, -0.05) is 5.16 Å². The van der Waals surface area contributed by atoms with Crippen molar-refractivity contribution in [2.45, 2.75) is 38.4 Å². The fourth-order valence-corrected chi connectivity index (χ4v) is 4.69. The van der Waals surface area contributed by atoms with E-state index in [0.29, 0.717) is 30.0 Å². The summed E-state index contributed by atoms with van der Waals surface area (Å²) in [5.74, 6) is 2.74. The molecule has 3 aromatic rings. The summed E-state index contributed by atoms with van der Waals surface area (Å²) in [5.41, 5.74) is 3.34. The molecule has 0 bridgehead atoms. The SMILES string of the molecule is COc1cc2c(cc1OC)CN(C1CCN(Cc3nc(-c4cnccn4)no3)CC1)CC2. The first-order valence-electron chi connectivity index (χ1n) is 11.0. The Morgan fingerprint density at radius 2 is 1.81 bits per heavy atom. The Balaban J connectivity index is 1.17. The molecule has 0 unspecified atom stereocenters. The number of rotatable bonds is 6. The quantitative estimate of drug-likeness (QED) is 0.578. The van der Waals surface area contributed by atoms with Gasteiger partial charge in [-0.2, -0.15) is 4.98 Å². The molecular formula is C23H28N6O3. The van der Waals surface area contributed by atoms with E-state index in [1.54, 1.807) is 32.8 Å². The highest BCUT2D eigenvalue weighted by Crippen LogP contribution is 2.34. The van der Waals surface area contributed by atoms with Gasteiger partial charge in [0.05, 0.1) is 27.0 Å². The molecule has 4 heterocycles. The molecule has 168 valence electrons. The summed E-state index contributed by atoms with van der Waals surface area (Å²) in [5, 5.41) is 4.05. The first-order chi connectivity index (χ1) is 15.7. The standard InChI is InChI=1S/C23H28N6O3/c1-30-20-11-16-3-10-29(14-17(16)12-21(20)31-2)18-4-8-28(9-5-18)15-22-26-23(27-32-22)19-13-24-6-7-25-19/h6-7,11-13,18H,3-5,8-10,14-15H2,1-2H3. The molecule has 9 nitrogen and oxygen atoms in total. The van der Waals surface area contributed by atoms with Crippen molar-refractivity contribution in [2.24, 2.45) is 0 Å². The van der Waals surface area contributed by atoms with Crippen molar-refractivity contribution < 1.29 is 14.0 Å².